The molecule has 2 aromatic carbocycles. The number of rotatable bonds is 5. The van der Waals surface area contributed by atoms with Gasteiger partial charge in [-0.15, -0.1) is 0 Å². The van der Waals surface area contributed by atoms with Gasteiger partial charge in [0.05, 0.1) is 5.69 Å². The van der Waals surface area contributed by atoms with Crippen LogP contribution in [0, 0.1) is 0 Å². The number of hydrogen-bond acceptors (Lipinski definition) is 1. The second kappa shape index (κ2) is 7.25. The van der Waals surface area contributed by atoms with Crippen LogP contribution < -0.4 is 5.32 Å². The number of halogens is 1. The molecule has 0 saturated heterocycles. The predicted molar refractivity (Wildman–Crippen MR) is 86.9 cm³/mol. The Morgan fingerprint density at radius 3 is 2.35 bits per heavy atom. The number of para-hydroxylation sites is 1. The van der Waals surface area contributed by atoms with Gasteiger partial charge >= 0.3 is 0 Å². The predicted octanol–water partition coefficient (Wildman–Crippen LogP) is 4.58. The fraction of sp³-hybridized carbons (Fsp3) is 0.235. The Morgan fingerprint density at radius 2 is 1.70 bits per heavy atom. The Morgan fingerprint density at radius 1 is 1.05 bits per heavy atom. The Bertz CT molecular complexity index is 578. The monoisotopic (exact) mass is 331 g/mol. The summed E-state index contributed by atoms with van der Waals surface area (Å²) in [5, 5.41) is 2.92. The minimum absolute atomic E-state index is 0.0384. The Kier molecular flexibility index (Phi) is 5.36. The number of anilines is 1. The maximum atomic E-state index is 11.9. The zero-order valence-corrected chi connectivity index (χ0v) is 13.1. The third kappa shape index (κ3) is 4.20. The van der Waals surface area contributed by atoms with Crippen LogP contribution in [0.5, 0.6) is 0 Å². The summed E-state index contributed by atoms with van der Waals surface area (Å²) in [7, 11) is 0. The number of benzene rings is 2. The zero-order valence-electron chi connectivity index (χ0n) is 11.5. The van der Waals surface area contributed by atoms with Gasteiger partial charge in [0.25, 0.3) is 0 Å². The van der Waals surface area contributed by atoms with Crippen LogP contribution in [0.25, 0.3) is 0 Å². The lowest BCUT2D eigenvalue weighted by atomic mass is 10.1. The van der Waals surface area contributed by atoms with Crippen LogP contribution in [0.1, 0.15) is 24.5 Å². The van der Waals surface area contributed by atoms with Gasteiger partial charge in [0, 0.05) is 10.9 Å². The first-order valence-corrected chi connectivity index (χ1v) is 7.60. The summed E-state index contributed by atoms with van der Waals surface area (Å²) >= 11 is 3.42. The number of aryl methyl sites for hydroxylation is 2. The van der Waals surface area contributed by atoms with E-state index in [1.807, 2.05) is 24.3 Å². The molecule has 20 heavy (non-hydrogen) atoms. The summed E-state index contributed by atoms with van der Waals surface area (Å²) in [6, 6.07) is 16.1. The van der Waals surface area contributed by atoms with Crippen molar-refractivity contribution in [1.29, 1.82) is 0 Å². The molecule has 0 fully saturated rings. The number of nitrogens with one attached hydrogen (secondary N) is 1. The van der Waals surface area contributed by atoms with Crippen molar-refractivity contribution in [3.05, 3.63) is 64.1 Å². The molecule has 0 unspecified atom stereocenters. The van der Waals surface area contributed by atoms with Crippen molar-refractivity contribution < 1.29 is 4.79 Å². The summed E-state index contributed by atoms with van der Waals surface area (Å²) in [6.45, 7) is 2.14. The van der Waals surface area contributed by atoms with Gasteiger partial charge in [-0.2, -0.15) is 0 Å². The molecule has 2 aromatic rings. The minimum Gasteiger partial charge on any atom is -0.325 e. The lowest BCUT2D eigenvalue weighted by Crippen LogP contribution is -2.12. The number of carbonyl (C=O) groups is 1. The first kappa shape index (κ1) is 14.8. The first-order valence-electron chi connectivity index (χ1n) is 6.81. The number of amides is 1. The molecule has 0 aliphatic rings. The van der Waals surface area contributed by atoms with E-state index >= 15 is 0 Å². The molecule has 0 aliphatic carbocycles. The van der Waals surface area contributed by atoms with Gasteiger partial charge in [-0.05, 0) is 52.0 Å². The molecular formula is C17H18BrNO. The molecule has 0 spiro atoms. The summed E-state index contributed by atoms with van der Waals surface area (Å²) < 4.78 is 0.903. The van der Waals surface area contributed by atoms with Gasteiger partial charge in [0.15, 0.2) is 0 Å². The van der Waals surface area contributed by atoms with E-state index in [1.165, 1.54) is 11.1 Å². The average Bonchev–Trinajstić information content (AvgIpc) is 2.48. The molecule has 0 radical (unpaired) electrons. The maximum Gasteiger partial charge on any atom is 0.224 e. The smallest absolute Gasteiger partial charge is 0.224 e. The molecule has 0 bridgehead atoms. The van der Waals surface area contributed by atoms with E-state index < -0.39 is 0 Å². The number of hydrogen-bond donors (Lipinski definition) is 1. The van der Waals surface area contributed by atoms with E-state index in [9.17, 15) is 4.79 Å². The van der Waals surface area contributed by atoms with Gasteiger partial charge in [-0.3, -0.25) is 4.79 Å². The van der Waals surface area contributed by atoms with E-state index in [2.05, 4.69) is 52.4 Å². The SMILES string of the molecule is CCc1ccc(CCC(=O)Nc2ccccc2Br)cc1. The van der Waals surface area contributed by atoms with Crippen LogP contribution in [0.2, 0.25) is 0 Å². The van der Waals surface area contributed by atoms with Crippen molar-refractivity contribution in [1.82, 2.24) is 0 Å². The van der Waals surface area contributed by atoms with Crippen molar-refractivity contribution in [3.8, 4) is 0 Å². The topological polar surface area (TPSA) is 29.1 Å². The molecule has 2 rings (SSSR count). The minimum atomic E-state index is 0.0384. The summed E-state index contributed by atoms with van der Waals surface area (Å²) in [5.41, 5.74) is 3.34. The van der Waals surface area contributed by atoms with Crippen LogP contribution in [-0.2, 0) is 17.6 Å². The third-order valence-electron chi connectivity index (χ3n) is 3.22. The Balaban J connectivity index is 1.87. The average molecular weight is 332 g/mol. The third-order valence-corrected chi connectivity index (χ3v) is 3.91. The molecule has 104 valence electrons. The number of carbonyl (C=O) groups excluding carboxylic acids is 1. The van der Waals surface area contributed by atoms with Crippen molar-refractivity contribution in [2.75, 3.05) is 5.32 Å². The molecule has 0 saturated carbocycles. The summed E-state index contributed by atoms with van der Waals surface area (Å²) in [4.78, 5) is 11.9. The fourth-order valence-corrected chi connectivity index (χ4v) is 2.36. The molecular weight excluding hydrogens is 314 g/mol. The van der Waals surface area contributed by atoms with E-state index in [0.29, 0.717) is 6.42 Å². The molecule has 0 aliphatic heterocycles. The first-order chi connectivity index (χ1) is 9.69. The zero-order chi connectivity index (χ0) is 14.4. The Labute approximate surface area is 128 Å². The van der Waals surface area contributed by atoms with Crippen molar-refractivity contribution in [2.45, 2.75) is 26.2 Å². The van der Waals surface area contributed by atoms with Crippen molar-refractivity contribution >= 4 is 27.5 Å². The highest BCUT2D eigenvalue weighted by molar-refractivity contribution is 9.10. The standard InChI is InChI=1S/C17H18BrNO/c1-2-13-7-9-14(10-8-13)11-12-17(20)19-16-6-4-3-5-15(16)18/h3-10H,2,11-12H2,1H3,(H,19,20). The molecule has 0 atom stereocenters. The van der Waals surface area contributed by atoms with Gasteiger partial charge in [-0.1, -0.05) is 43.3 Å². The van der Waals surface area contributed by atoms with Crippen LogP contribution in [0.4, 0.5) is 5.69 Å². The second-order valence-corrected chi connectivity index (χ2v) is 5.55. The van der Waals surface area contributed by atoms with E-state index in [1.54, 1.807) is 0 Å². The highest BCUT2D eigenvalue weighted by atomic mass is 79.9. The van der Waals surface area contributed by atoms with E-state index in [0.717, 1.165) is 23.0 Å². The summed E-state index contributed by atoms with van der Waals surface area (Å²) in [5.74, 6) is 0.0384. The molecule has 1 amide bonds. The van der Waals surface area contributed by atoms with Crippen molar-refractivity contribution in [2.24, 2.45) is 0 Å². The van der Waals surface area contributed by atoms with Crippen LogP contribution in [0.15, 0.2) is 53.0 Å². The molecule has 2 nitrogen and oxygen atoms in total. The van der Waals surface area contributed by atoms with Gasteiger partial charge in [0.2, 0.25) is 5.91 Å². The lowest BCUT2D eigenvalue weighted by molar-refractivity contribution is -0.116. The van der Waals surface area contributed by atoms with E-state index in [-0.39, 0.29) is 5.91 Å². The lowest BCUT2D eigenvalue weighted by Gasteiger charge is -2.07. The molecule has 3 heteroatoms. The largest absolute Gasteiger partial charge is 0.325 e. The van der Waals surface area contributed by atoms with Gasteiger partial charge in [-0.25, -0.2) is 0 Å². The van der Waals surface area contributed by atoms with Crippen molar-refractivity contribution in [3.63, 3.8) is 0 Å². The Hall–Kier alpha value is -1.61. The highest BCUT2D eigenvalue weighted by Gasteiger charge is 2.05. The van der Waals surface area contributed by atoms with E-state index in [4.69, 9.17) is 0 Å². The molecule has 0 heterocycles. The van der Waals surface area contributed by atoms with Crippen LogP contribution in [0.3, 0.4) is 0 Å². The quantitative estimate of drug-likeness (QED) is 0.853. The fourth-order valence-electron chi connectivity index (χ4n) is 1.97. The highest BCUT2D eigenvalue weighted by Crippen LogP contribution is 2.21. The van der Waals surface area contributed by atoms with Gasteiger partial charge < -0.3 is 5.32 Å². The second-order valence-electron chi connectivity index (χ2n) is 4.70. The molecule has 1 N–H and O–H groups in total. The normalized spacial score (nSPS) is 10.3. The van der Waals surface area contributed by atoms with Crippen LogP contribution >= 0.6 is 15.9 Å². The summed E-state index contributed by atoms with van der Waals surface area (Å²) in [6.07, 6.45) is 2.30. The van der Waals surface area contributed by atoms with Gasteiger partial charge in [0.1, 0.15) is 0 Å². The maximum absolute atomic E-state index is 11.9. The van der Waals surface area contributed by atoms with Crippen LogP contribution in [-0.4, -0.2) is 5.91 Å². The molecule has 0 aromatic heterocycles.